The normalized spacial score (nSPS) is 24.4. The molecule has 2 unspecified atom stereocenters. The predicted octanol–water partition coefficient (Wildman–Crippen LogP) is 1.59. The van der Waals surface area contributed by atoms with Gasteiger partial charge < -0.3 is 9.80 Å². The van der Waals surface area contributed by atoms with E-state index in [1.54, 1.807) is 0 Å². The summed E-state index contributed by atoms with van der Waals surface area (Å²) in [5.74, 6) is 0.455. The minimum Gasteiger partial charge on any atom is -0.342 e. The first kappa shape index (κ1) is 19.4. The van der Waals surface area contributed by atoms with Crippen LogP contribution in [0.4, 0.5) is 5.69 Å². The molecule has 3 aliphatic rings. The van der Waals surface area contributed by atoms with E-state index >= 15 is 0 Å². The van der Waals surface area contributed by atoms with Gasteiger partial charge >= 0.3 is 0 Å². The van der Waals surface area contributed by atoms with Crippen molar-refractivity contribution in [2.45, 2.75) is 45.2 Å². The van der Waals surface area contributed by atoms with Crippen molar-refractivity contribution in [3.63, 3.8) is 0 Å². The summed E-state index contributed by atoms with van der Waals surface area (Å²) in [5.41, 5.74) is 2.34. The Morgan fingerprint density at radius 1 is 1.04 bits per heavy atom. The maximum absolute atomic E-state index is 13.3. The molecule has 4 rings (SSSR count). The Morgan fingerprint density at radius 3 is 2.43 bits per heavy atom. The van der Waals surface area contributed by atoms with Crippen LogP contribution in [0.2, 0.25) is 0 Å². The Morgan fingerprint density at radius 2 is 1.71 bits per heavy atom. The van der Waals surface area contributed by atoms with Gasteiger partial charge in [0.15, 0.2) is 0 Å². The molecule has 0 saturated carbocycles. The van der Waals surface area contributed by atoms with Gasteiger partial charge in [-0.1, -0.05) is 18.2 Å². The van der Waals surface area contributed by atoms with Crippen molar-refractivity contribution in [1.82, 2.24) is 14.7 Å². The van der Waals surface area contributed by atoms with Crippen LogP contribution in [0.5, 0.6) is 0 Å². The van der Waals surface area contributed by atoms with Gasteiger partial charge in [-0.2, -0.15) is 0 Å². The lowest BCUT2D eigenvalue weighted by atomic mass is 10.1. The average Bonchev–Trinajstić information content (AvgIpc) is 3.35. The lowest BCUT2D eigenvalue weighted by Crippen LogP contribution is -2.56. The van der Waals surface area contributed by atoms with Gasteiger partial charge in [0.25, 0.3) is 0 Å². The smallest absolute Gasteiger partial charge is 0.244 e. The van der Waals surface area contributed by atoms with Crippen molar-refractivity contribution in [2.75, 3.05) is 50.7 Å². The summed E-state index contributed by atoms with van der Waals surface area (Å²) in [5, 5.41) is 0. The highest BCUT2D eigenvalue weighted by Gasteiger charge is 2.36. The highest BCUT2D eigenvalue weighted by Crippen LogP contribution is 2.32. The van der Waals surface area contributed by atoms with Crippen LogP contribution < -0.4 is 4.90 Å². The third-order valence-corrected chi connectivity index (χ3v) is 6.57. The highest BCUT2D eigenvalue weighted by atomic mass is 16.2. The third kappa shape index (κ3) is 3.80. The Bertz CT molecular complexity index is 723. The zero-order valence-corrected chi connectivity index (χ0v) is 17.1. The summed E-state index contributed by atoms with van der Waals surface area (Å²) in [6, 6.07) is 8.33. The molecule has 2 saturated heterocycles. The van der Waals surface area contributed by atoms with E-state index in [9.17, 15) is 9.59 Å². The van der Waals surface area contributed by atoms with Gasteiger partial charge in [-0.25, -0.2) is 0 Å². The van der Waals surface area contributed by atoms with Crippen LogP contribution in [0.1, 0.15) is 32.3 Å². The first-order chi connectivity index (χ1) is 13.5. The van der Waals surface area contributed by atoms with Gasteiger partial charge in [0.1, 0.15) is 0 Å². The van der Waals surface area contributed by atoms with Crippen molar-refractivity contribution in [3.05, 3.63) is 29.8 Å². The van der Waals surface area contributed by atoms with Crippen LogP contribution >= 0.6 is 0 Å². The fourth-order valence-corrected chi connectivity index (χ4v) is 4.83. The Balaban J connectivity index is 1.32. The van der Waals surface area contributed by atoms with Gasteiger partial charge in [0, 0.05) is 51.0 Å². The molecule has 0 radical (unpaired) electrons. The minimum absolute atomic E-state index is 0.134. The number of para-hydroxylation sites is 1. The molecule has 152 valence electrons. The van der Waals surface area contributed by atoms with Crippen LogP contribution in [0.15, 0.2) is 24.3 Å². The number of anilines is 1. The van der Waals surface area contributed by atoms with E-state index in [-0.39, 0.29) is 23.9 Å². The van der Waals surface area contributed by atoms with Crippen molar-refractivity contribution in [3.8, 4) is 0 Å². The number of hydrogen-bond donors (Lipinski definition) is 0. The number of carbonyl (C=O) groups is 2. The minimum atomic E-state index is -0.134. The van der Waals surface area contributed by atoms with Crippen molar-refractivity contribution in [2.24, 2.45) is 0 Å². The second-order valence-corrected chi connectivity index (χ2v) is 8.47. The summed E-state index contributed by atoms with van der Waals surface area (Å²) in [7, 11) is 0. The van der Waals surface area contributed by atoms with E-state index in [0.717, 1.165) is 64.2 Å². The number of nitrogens with zero attached hydrogens (tertiary/aromatic N) is 4. The van der Waals surface area contributed by atoms with Crippen molar-refractivity contribution in [1.29, 1.82) is 0 Å². The second-order valence-electron chi connectivity index (χ2n) is 8.47. The SMILES string of the molecule is CC(C(=O)N1c2ccccc2CC1C)N1CCN(CC(=O)N2CCCC2)CC1. The summed E-state index contributed by atoms with van der Waals surface area (Å²) in [4.78, 5) is 34.1. The lowest BCUT2D eigenvalue weighted by Gasteiger charge is -2.39. The van der Waals surface area contributed by atoms with Crippen LogP contribution in [-0.4, -0.2) is 84.4 Å². The van der Waals surface area contributed by atoms with E-state index in [2.05, 4.69) is 28.9 Å². The third-order valence-electron chi connectivity index (χ3n) is 6.57. The molecular weight excluding hydrogens is 352 g/mol. The van der Waals surface area contributed by atoms with Crippen LogP contribution in [-0.2, 0) is 16.0 Å². The van der Waals surface area contributed by atoms with Gasteiger partial charge in [0.2, 0.25) is 11.8 Å². The highest BCUT2D eigenvalue weighted by molar-refractivity contribution is 5.99. The summed E-state index contributed by atoms with van der Waals surface area (Å²) < 4.78 is 0. The molecule has 1 aromatic rings. The Hall–Kier alpha value is -1.92. The molecule has 2 atom stereocenters. The lowest BCUT2D eigenvalue weighted by molar-refractivity contribution is -0.132. The standard InChI is InChI=1S/C22H32N4O2/c1-17-15-19-7-3-4-8-20(19)26(17)22(28)18(2)24-13-11-23(12-14-24)16-21(27)25-9-5-6-10-25/h3-4,7-8,17-18H,5-6,9-16H2,1-2H3. The van der Waals surface area contributed by atoms with E-state index in [4.69, 9.17) is 0 Å². The Labute approximate surface area is 168 Å². The first-order valence-corrected chi connectivity index (χ1v) is 10.7. The number of rotatable bonds is 4. The summed E-state index contributed by atoms with van der Waals surface area (Å²) in [6.45, 7) is 9.89. The molecule has 0 bridgehead atoms. The van der Waals surface area contributed by atoms with Gasteiger partial charge in [-0.05, 0) is 44.7 Å². The summed E-state index contributed by atoms with van der Waals surface area (Å²) in [6.07, 6.45) is 3.20. The number of likely N-dealkylation sites (tertiary alicyclic amines) is 1. The molecule has 6 nitrogen and oxygen atoms in total. The molecule has 3 heterocycles. The predicted molar refractivity (Wildman–Crippen MR) is 110 cm³/mol. The molecule has 2 fully saturated rings. The van der Waals surface area contributed by atoms with Gasteiger partial charge in [0.05, 0.1) is 12.6 Å². The zero-order chi connectivity index (χ0) is 19.7. The van der Waals surface area contributed by atoms with E-state index in [1.165, 1.54) is 5.56 Å². The molecule has 0 spiro atoms. The number of carbonyl (C=O) groups excluding carboxylic acids is 2. The average molecular weight is 385 g/mol. The number of benzene rings is 1. The monoisotopic (exact) mass is 384 g/mol. The molecule has 2 amide bonds. The topological polar surface area (TPSA) is 47.1 Å². The number of hydrogen-bond acceptors (Lipinski definition) is 4. The number of piperazine rings is 1. The summed E-state index contributed by atoms with van der Waals surface area (Å²) >= 11 is 0. The number of fused-ring (bicyclic) bond motifs is 1. The molecular formula is C22H32N4O2. The Kier molecular flexibility index (Phi) is 5.69. The molecule has 6 heteroatoms. The molecule has 0 N–H and O–H groups in total. The fraction of sp³-hybridized carbons (Fsp3) is 0.636. The van der Waals surface area contributed by atoms with E-state index in [1.807, 2.05) is 28.9 Å². The van der Waals surface area contributed by atoms with Crippen LogP contribution in [0, 0.1) is 0 Å². The first-order valence-electron chi connectivity index (χ1n) is 10.7. The van der Waals surface area contributed by atoms with Crippen LogP contribution in [0.25, 0.3) is 0 Å². The molecule has 0 aromatic heterocycles. The van der Waals surface area contributed by atoms with Crippen molar-refractivity contribution >= 4 is 17.5 Å². The van der Waals surface area contributed by atoms with Crippen LogP contribution in [0.3, 0.4) is 0 Å². The zero-order valence-electron chi connectivity index (χ0n) is 17.1. The maximum Gasteiger partial charge on any atom is 0.244 e. The quantitative estimate of drug-likeness (QED) is 0.791. The van der Waals surface area contributed by atoms with Gasteiger partial charge in [-0.3, -0.25) is 19.4 Å². The maximum atomic E-state index is 13.3. The second kappa shape index (κ2) is 8.21. The van der Waals surface area contributed by atoms with E-state index in [0.29, 0.717) is 6.54 Å². The number of amides is 2. The largest absolute Gasteiger partial charge is 0.342 e. The molecule has 28 heavy (non-hydrogen) atoms. The van der Waals surface area contributed by atoms with Gasteiger partial charge in [-0.15, -0.1) is 0 Å². The molecule has 0 aliphatic carbocycles. The molecule has 1 aromatic carbocycles. The van der Waals surface area contributed by atoms with Crippen molar-refractivity contribution < 1.29 is 9.59 Å². The van der Waals surface area contributed by atoms with E-state index < -0.39 is 0 Å². The molecule has 3 aliphatic heterocycles. The fourth-order valence-electron chi connectivity index (χ4n) is 4.83.